The fourth-order valence-corrected chi connectivity index (χ4v) is 4.31. The molecule has 1 fully saturated rings. The van der Waals surface area contributed by atoms with Gasteiger partial charge < -0.3 is 19.3 Å². The number of hydrogen-bond donors (Lipinski definition) is 0. The molecule has 1 saturated heterocycles. The van der Waals surface area contributed by atoms with Gasteiger partial charge in [-0.1, -0.05) is 36.0 Å². The quantitative estimate of drug-likeness (QED) is 0.656. The van der Waals surface area contributed by atoms with Crippen molar-refractivity contribution in [3.8, 4) is 11.5 Å². The number of benzene rings is 2. The van der Waals surface area contributed by atoms with Crippen LogP contribution >= 0.6 is 11.8 Å². The summed E-state index contributed by atoms with van der Waals surface area (Å²) in [4.78, 5) is 41.5. The summed E-state index contributed by atoms with van der Waals surface area (Å²) in [5.41, 5.74) is 1.73. The third-order valence-corrected chi connectivity index (χ3v) is 6.20. The van der Waals surface area contributed by atoms with Gasteiger partial charge in [-0.25, -0.2) is 0 Å². The maximum atomic E-state index is 13.4. The number of nitrogens with zero attached hydrogens (tertiary/aromatic N) is 2. The molecule has 0 aliphatic carbocycles. The molecule has 0 saturated carbocycles. The van der Waals surface area contributed by atoms with E-state index in [1.54, 1.807) is 33.3 Å². The molecule has 2 aromatic rings. The number of carbonyl (C=O) groups excluding carboxylic acids is 3. The number of methoxy groups -OCH3 is 2. The molecule has 1 aliphatic heterocycles. The minimum atomic E-state index is -0.901. The van der Waals surface area contributed by atoms with Crippen molar-refractivity contribution in [2.24, 2.45) is 0 Å². The summed E-state index contributed by atoms with van der Waals surface area (Å²) in [6.07, 6.45) is 0. The van der Waals surface area contributed by atoms with Crippen molar-refractivity contribution in [3.05, 3.63) is 59.7 Å². The van der Waals surface area contributed by atoms with Crippen LogP contribution in [0.1, 0.15) is 25.0 Å². The van der Waals surface area contributed by atoms with E-state index in [2.05, 4.69) is 0 Å². The number of ether oxygens (including phenoxy) is 2. The molecule has 8 heteroatoms. The smallest absolute Gasteiger partial charge is 0.257 e. The summed E-state index contributed by atoms with van der Waals surface area (Å²) in [7, 11) is 3.17. The normalized spacial score (nSPS) is 18.8. The van der Waals surface area contributed by atoms with E-state index in [1.165, 1.54) is 16.7 Å². The van der Waals surface area contributed by atoms with Crippen LogP contribution < -0.4 is 9.47 Å². The van der Waals surface area contributed by atoms with Crippen molar-refractivity contribution >= 4 is 28.7 Å². The van der Waals surface area contributed by atoms with Crippen LogP contribution in [0.15, 0.2) is 48.5 Å². The first-order valence-corrected chi connectivity index (χ1v) is 10.8. The van der Waals surface area contributed by atoms with Crippen molar-refractivity contribution in [1.29, 1.82) is 0 Å². The minimum absolute atomic E-state index is 0.192. The molecule has 2 aromatic carbocycles. The molecule has 0 bridgehead atoms. The highest BCUT2D eigenvalue weighted by Gasteiger charge is 2.44. The van der Waals surface area contributed by atoms with Gasteiger partial charge in [0.25, 0.3) is 5.91 Å². The lowest BCUT2D eigenvalue weighted by molar-refractivity contribution is -0.158. The third kappa shape index (κ3) is 5.19. The Morgan fingerprint density at radius 1 is 0.839 bits per heavy atom. The molecule has 1 heterocycles. The highest BCUT2D eigenvalue weighted by atomic mass is 32.2. The highest BCUT2D eigenvalue weighted by molar-refractivity contribution is 8.14. The lowest BCUT2D eigenvalue weighted by atomic mass is 10.1. The van der Waals surface area contributed by atoms with Crippen molar-refractivity contribution in [1.82, 2.24) is 9.80 Å². The number of hydrogen-bond acceptors (Lipinski definition) is 6. The van der Waals surface area contributed by atoms with Crippen molar-refractivity contribution in [3.63, 3.8) is 0 Å². The molecule has 164 valence electrons. The number of amides is 2. The summed E-state index contributed by atoms with van der Waals surface area (Å²) >= 11 is 0.875. The Morgan fingerprint density at radius 3 is 1.71 bits per heavy atom. The van der Waals surface area contributed by atoms with E-state index in [-0.39, 0.29) is 30.0 Å². The van der Waals surface area contributed by atoms with Crippen LogP contribution in [0.25, 0.3) is 0 Å². The predicted molar refractivity (Wildman–Crippen MR) is 119 cm³/mol. The molecule has 1 aliphatic rings. The molecule has 0 radical (unpaired) electrons. The van der Waals surface area contributed by atoms with Gasteiger partial charge in [-0.3, -0.25) is 14.4 Å². The third-order valence-electron chi connectivity index (χ3n) is 5.19. The second-order valence-corrected chi connectivity index (χ2v) is 8.52. The van der Waals surface area contributed by atoms with Crippen LogP contribution in [0, 0.1) is 0 Å². The van der Waals surface area contributed by atoms with Crippen molar-refractivity contribution in [2.75, 3.05) is 14.2 Å². The van der Waals surface area contributed by atoms with Gasteiger partial charge in [-0.15, -0.1) is 0 Å². The highest BCUT2D eigenvalue weighted by Crippen LogP contribution is 2.30. The second-order valence-electron chi connectivity index (χ2n) is 7.27. The summed E-state index contributed by atoms with van der Waals surface area (Å²) in [5, 5.41) is -1.12. The standard InChI is InChI=1S/C23H26N2O5S/c1-15-21(27)25(14-18-7-11-20(30-4)12-8-18)23(31-16(2)26)22(28)24(15)13-17-5-9-19(29-3)10-6-17/h5-12,15,23H,13-14H2,1-4H3. The Labute approximate surface area is 186 Å². The zero-order chi connectivity index (χ0) is 22.5. The molecule has 0 aromatic heterocycles. The van der Waals surface area contributed by atoms with Gasteiger partial charge in [-0.2, -0.15) is 0 Å². The first kappa shape index (κ1) is 22.7. The van der Waals surface area contributed by atoms with Gasteiger partial charge in [0, 0.05) is 20.0 Å². The summed E-state index contributed by atoms with van der Waals surface area (Å²) in [6.45, 7) is 3.64. The average Bonchev–Trinajstić information content (AvgIpc) is 2.78. The van der Waals surface area contributed by atoms with Gasteiger partial charge in [0.15, 0.2) is 10.5 Å². The fourth-order valence-electron chi connectivity index (χ4n) is 3.46. The van der Waals surface area contributed by atoms with E-state index in [4.69, 9.17) is 9.47 Å². The SMILES string of the molecule is COc1ccc(CN2C(=O)C(SC(C)=O)N(Cc3ccc(OC)cc3)C(=O)C2C)cc1. The largest absolute Gasteiger partial charge is 0.497 e. The zero-order valence-corrected chi connectivity index (χ0v) is 18.8. The van der Waals surface area contributed by atoms with E-state index < -0.39 is 11.4 Å². The average molecular weight is 443 g/mol. The second kappa shape index (κ2) is 9.87. The van der Waals surface area contributed by atoms with Crippen LogP contribution in [0.3, 0.4) is 0 Å². The molecule has 2 unspecified atom stereocenters. The lowest BCUT2D eigenvalue weighted by Gasteiger charge is -2.43. The number of carbonyl (C=O) groups is 3. The molecular formula is C23H26N2O5S. The molecule has 0 spiro atoms. The minimum Gasteiger partial charge on any atom is -0.497 e. The molecule has 2 amide bonds. The van der Waals surface area contributed by atoms with E-state index >= 15 is 0 Å². The van der Waals surface area contributed by atoms with Crippen molar-refractivity contribution in [2.45, 2.75) is 38.4 Å². The maximum absolute atomic E-state index is 13.4. The summed E-state index contributed by atoms with van der Waals surface area (Å²) < 4.78 is 10.3. The lowest BCUT2D eigenvalue weighted by Crippen LogP contribution is -2.62. The van der Waals surface area contributed by atoms with Crippen LogP contribution in [0.4, 0.5) is 0 Å². The van der Waals surface area contributed by atoms with E-state index in [0.717, 1.165) is 22.9 Å². The molecule has 2 atom stereocenters. The van der Waals surface area contributed by atoms with E-state index in [1.807, 2.05) is 36.4 Å². The first-order chi connectivity index (χ1) is 14.8. The van der Waals surface area contributed by atoms with Crippen LogP contribution in [-0.2, 0) is 27.5 Å². The summed E-state index contributed by atoms with van der Waals surface area (Å²) in [6, 6.07) is 14.0. The molecule has 3 rings (SSSR count). The molecule has 31 heavy (non-hydrogen) atoms. The molecular weight excluding hydrogens is 416 g/mol. The van der Waals surface area contributed by atoms with Crippen LogP contribution in [0.5, 0.6) is 11.5 Å². The van der Waals surface area contributed by atoms with Crippen LogP contribution in [-0.4, -0.2) is 52.4 Å². The van der Waals surface area contributed by atoms with Gasteiger partial charge in [0.2, 0.25) is 5.91 Å². The summed E-state index contributed by atoms with van der Waals surface area (Å²) in [5.74, 6) is 0.978. The maximum Gasteiger partial charge on any atom is 0.257 e. The number of thioether (sulfide) groups is 1. The number of rotatable bonds is 7. The monoisotopic (exact) mass is 442 g/mol. The Hall–Kier alpha value is -3.00. The van der Waals surface area contributed by atoms with Gasteiger partial charge >= 0.3 is 0 Å². The van der Waals surface area contributed by atoms with Gasteiger partial charge in [-0.05, 0) is 42.3 Å². The van der Waals surface area contributed by atoms with Gasteiger partial charge in [0.05, 0.1) is 14.2 Å². The van der Waals surface area contributed by atoms with Gasteiger partial charge in [0.1, 0.15) is 17.5 Å². The topological polar surface area (TPSA) is 76.2 Å². The molecule has 0 N–H and O–H groups in total. The Morgan fingerprint density at radius 2 is 1.29 bits per heavy atom. The van der Waals surface area contributed by atoms with E-state index in [9.17, 15) is 14.4 Å². The number of piperazine rings is 1. The fraction of sp³-hybridized carbons (Fsp3) is 0.348. The Balaban J connectivity index is 1.85. The Bertz CT molecular complexity index is 945. The zero-order valence-electron chi connectivity index (χ0n) is 18.0. The van der Waals surface area contributed by atoms with Crippen LogP contribution in [0.2, 0.25) is 0 Å². The van der Waals surface area contributed by atoms with E-state index in [0.29, 0.717) is 11.5 Å². The predicted octanol–water partition coefficient (Wildman–Crippen LogP) is 3.07. The first-order valence-electron chi connectivity index (χ1n) is 9.88. The molecule has 7 nitrogen and oxygen atoms in total. The van der Waals surface area contributed by atoms with Crippen molar-refractivity contribution < 1.29 is 23.9 Å². The Kier molecular flexibility index (Phi) is 7.22.